The fourth-order valence-corrected chi connectivity index (χ4v) is 2.45. The summed E-state index contributed by atoms with van der Waals surface area (Å²) in [5.41, 5.74) is -1.04. The molecule has 1 N–H and O–H groups in total. The van der Waals surface area contributed by atoms with Gasteiger partial charge in [0, 0.05) is 21.1 Å². The number of aliphatic hydroxyl groups is 1. The molecule has 1 fully saturated rings. The van der Waals surface area contributed by atoms with E-state index in [1.54, 1.807) is 38.1 Å². The summed E-state index contributed by atoms with van der Waals surface area (Å²) in [6.45, 7) is 4.64. The van der Waals surface area contributed by atoms with E-state index in [1.165, 1.54) is 21.1 Å². The van der Waals surface area contributed by atoms with E-state index in [4.69, 9.17) is 18.9 Å². The van der Waals surface area contributed by atoms with Gasteiger partial charge in [0.15, 0.2) is 6.10 Å². The van der Waals surface area contributed by atoms with Gasteiger partial charge in [-0.05, 0) is 19.4 Å². The Kier molecular flexibility index (Phi) is 4.32. The summed E-state index contributed by atoms with van der Waals surface area (Å²) in [6.07, 6.45) is -1.25. The number of cyclic esters (lactones) is 1. The second-order valence-electron chi connectivity index (χ2n) is 5.73. The summed E-state index contributed by atoms with van der Waals surface area (Å²) < 4.78 is 21.8. The zero-order chi connectivity index (χ0) is 16.6. The maximum absolute atomic E-state index is 12.3. The maximum Gasteiger partial charge on any atom is 0.341 e. The van der Waals surface area contributed by atoms with Crippen molar-refractivity contribution < 1.29 is 28.8 Å². The highest BCUT2D eigenvalue weighted by Gasteiger charge is 2.61. The van der Waals surface area contributed by atoms with E-state index < -0.39 is 29.2 Å². The summed E-state index contributed by atoms with van der Waals surface area (Å²) in [7, 11) is 2.81. The third-order valence-corrected chi connectivity index (χ3v) is 4.32. The van der Waals surface area contributed by atoms with Crippen molar-refractivity contribution in [3.8, 4) is 0 Å². The third kappa shape index (κ3) is 2.52. The lowest BCUT2D eigenvalue weighted by Gasteiger charge is -2.50. The van der Waals surface area contributed by atoms with Crippen LogP contribution in [0.25, 0.3) is 0 Å². The minimum atomic E-state index is -1.58. The number of methoxy groups -OCH3 is 2. The summed E-state index contributed by atoms with van der Waals surface area (Å²) in [4.78, 5) is 12.3. The fraction of sp³-hybridized carbons (Fsp3) is 0.562. The van der Waals surface area contributed by atoms with Gasteiger partial charge in [0.1, 0.15) is 5.60 Å². The van der Waals surface area contributed by atoms with Crippen molar-refractivity contribution in [3.05, 3.63) is 35.9 Å². The number of hydrogen-bond donors (Lipinski definition) is 1. The van der Waals surface area contributed by atoms with E-state index in [-0.39, 0.29) is 0 Å². The number of benzene rings is 1. The Hall–Kier alpha value is -1.47. The minimum Gasteiger partial charge on any atom is -0.425 e. The molecule has 0 saturated carbocycles. The molecule has 1 saturated heterocycles. The summed E-state index contributed by atoms with van der Waals surface area (Å²) in [5.74, 6) is -3.49. The number of ether oxygens (including phenoxy) is 4. The van der Waals surface area contributed by atoms with Crippen LogP contribution in [0.2, 0.25) is 0 Å². The molecule has 1 aliphatic heterocycles. The summed E-state index contributed by atoms with van der Waals surface area (Å²) in [6, 6.07) is 8.79. The Bertz CT molecular complexity index is 543. The molecular formula is C16H22O6. The van der Waals surface area contributed by atoms with Crippen molar-refractivity contribution in [2.75, 3.05) is 14.2 Å². The van der Waals surface area contributed by atoms with Crippen LogP contribution >= 0.6 is 0 Å². The topological polar surface area (TPSA) is 74.2 Å². The zero-order valence-electron chi connectivity index (χ0n) is 13.5. The number of esters is 1. The molecule has 1 aromatic rings. The molecule has 0 spiro atoms. The first-order chi connectivity index (χ1) is 10.2. The first kappa shape index (κ1) is 16.9. The monoisotopic (exact) mass is 310 g/mol. The lowest BCUT2D eigenvalue weighted by Crippen LogP contribution is -2.67. The number of rotatable bonds is 4. The highest BCUT2D eigenvalue weighted by atomic mass is 16.8. The van der Waals surface area contributed by atoms with Crippen molar-refractivity contribution in [1.29, 1.82) is 0 Å². The molecule has 1 aromatic carbocycles. The lowest BCUT2D eigenvalue weighted by molar-refractivity contribution is -0.416. The summed E-state index contributed by atoms with van der Waals surface area (Å²) >= 11 is 0. The first-order valence-electron chi connectivity index (χ1n) is 6.99. The molecule has 0 bridgehead atoms. The molecular weight excluding hydrogens is 288 g/mol. The molecule has 1 aliphatic rings. The predicted molar refractivity (Wildman–Crippen MR) is 77.8 cm³/mol. The third-order valence-electron chi connectivity index (χ3n) is 4.32. The van der Waals surface area contributed by atoms with Gasteiger partial charge >= 0.3 is 5.97 Å². The van der Waals surface area contributed by atoms with Gasteiger partial charge in [-0.3, -0.25) is 0 Å². The molecule has 6 nitrogen and oxygen atoms in total. The van der Waals surface area contributed by atoms with Crippen LogP contribution in [0.5, 0.6) is 0 Å². The molecule has 1 heterocycles. The molecule has 4 atom stereocenters. The van der Waals surface area contributed by atoms with Crippen LogP contribution in [0, 0.1) is 0 Å². The molecule has 2 rings (SSSR count). The molecule has 0 radical (unpaired) electrons. The fourth-order valence-electron chi connectivity index (χ4n) is 2.45. The highest BCUT2D eigenvalue weighted by Crippen LogP contribution is 2.41. The van der Waals surface area contributed by atoms with E-state index in [1.807, 2.05) is 6.07 Å². The minimum absolute atomic E-state index is 0.538. The van der Waals surface area contributed by atoms with Gasteiger partial charge in [-0.1, -0.05) is 30.3 Å². The largest absolute Gasteiger partial charge is 0.425 e. The number of hydrogen-bond acceptors (Lipinski definition) is 6. The van der Waals surface area contributed by atoms with Crippen LogP contribution in [-0.4, -0.2) is 43.0 Å². The average Bonchev–Trinajstić information content (AvgIpc) is 2.51. The molecule has 0 unspecified atom stereocenters. The number of carbonyl (C=O) groups excluding carboxylic acids is 1. The van der Waals surface area contributed by atoms with Gasteiger partial charge in [0.05, 0.1) is 0 Å². The molecule has 122 valence electrons. The van der Waals surface area contributed by atoms with Gasteiger partial charge in [-0.15, -0.1) is 0 Å². The van der Waals surface area contributed by atoms with Crippen molar-refractivity contribution in [1.82, 2.24) is 0 Å². The average molecular weight is 310 g/mol. The second-order valence-corrected chi connectivity index (χ2v) is 5.73. The Morgan fingerprint density at radius 2 is 1.68 bits per heavy atom. The number of carbonyl (C=O) groups is 1. The molecule has 22 heavy (non-hydrogen) atoms. The van der Waals surface area contributed by atoms with Gasteiger partial charge in [-0.25, -0.2) is 4.79 Å². The van der Waals surface area contributed by atoms with E-state index in [2.05, 4.69) is 0 Å². The summed E-state index contributed by atoms with van der Waals surface area (Å²) in [5, 5.41) is 10.8. The SMILES string of the molecule is CO[C@@]1(C)OC(=O)[C@@H]([C@](C)(O)c2ccccc2)O[C@]1(C)OC. The van der Waals surface area contributed by atoms with Gasteiger partial charge in [0.2, 0.25) is 5.79 Å². The van der Waals surface area contributed by atoms with E-state index in [0.29, 0.717) is 5.56 Å². The Morgan fingerprint density at radius 1 is 1.14 bits per heavy atom. The van der Waals surface area contributed by atoms with Gasteiger partial charge < -0.3 is 24.1 Å². The first-order valence-corrected chi connectivity index (χ1v) is 6.99. The highest BCUT2D eigenvalue weighted by molar-refractivity contribution is 5.78. The molecule has 6 heteroatoms. The smallest absolute Gasteiger partial charge is 0.341 e. The quantitative estimate of drug-likeness (QED) is 0.851. The van der Waals surface area contributed by atoms with Crippen LogP contribution in [0.3, 0.4) is 0 Å². The van der Waals surface area contributed by atoms with Crippen LogP contribution in [0.15, 0.2) is 30.3 Å². The van der Waals surface area contributed by atoms with Crippen LogP contribution in [-0.2, 0) is 29.3 Å². The molecule has 0 aromatic heterocycles. The predicted octanol–water partition coefficient (Wildman–Crippen LogP) is 1.56. The van der Waals surface area contributed by atoms with Crippen molar-refractivity contribution >= 4 is 5.97 Å². The molecule has 0 aliphatic carbocycles. The van der Waals surface area contributed by atoms with E-state index in [0.717, 1.165) is 0 Å². The Balaban J connectivity index is 2.39. The van der Waals surface area contributed by atoms with Crippen molar-refractivity contribution in [3.63, 3.8) is 0 Å². The van der Waals surface area contributed by atoms with E-state index >= 15 is 0 Å². The lowest BCUT2D eigenvalue weighted by atomic mass is 9.88. The van der Waals surface area contributed by atoms with E-state index in [9.17, 15) is 9.90 Å². The Morgan fingerprint density at radius 3 is 2.18 bits per heavy atom. The normalized spacial score (nSPS) is 34.8. The molecule has 0 amide bonds. The Labute approximate surface area is 129 Å². The van der Waals surface area contributed by atoms with Gasteiger partial charge in [-0.2, -0.15) is 0 Å². The van der Waals surface area contributed by atoms with Crippen LogP contribution in [0.4, 0.5) is 0 Å². The maximum atomic E-state index is 12.3. The standard InChI is InChI=1S/C16H22O6/c1-14(18,11-9-7-6-8-10-11)12-13(17)22-16(3,20-5)15(2,19-4)21-12/h6-10,12,18H,1-5H3/t12-,14+,15-,16-/m0/s1. The zero-order valence-corrected chi connectivity index (χ0v) is 13.5. The van der Waals surface area contributed by atoms with Crippen LogP contribution < -0.4 is 0 Å². The van der Waals surface area contributed by atoms with Crippen LogP contribution in [0.1, 0.15) is 26.3 Å². The second kappa shape index (κ2) is 5.62. The van der Waals surface area contributed by atoms with Crippen molar-refractivity contribution in [2.24, 2.45) is 0 Å². The van der Waals surface area contributed by atoms with Crippen molar-refractivity contribution in [2.45, 2.75) is 44.1 Å². The van der Waals surface area contributed by atoms with Gasteiger partial charge in [0.25, 0.3) is 5.79 Å².